The van der Waals surface area contributed by atoms with Gasteiger partial charge in [-0.2, -0.15) is 0 Å². The number of guanidine groups is 1. The van der Waals surface area contributed by atoms with Crippen LogP contribution in [0, 0.1) is 0 Å². The third-order valence-electron chi connectivity index (χ3n) is 9.41. The fourth-order valence-electron chi connectivity index (χ4n) is 6.27. The largest absolute Gasteiger partial charge is 0.480 e. The first-order valence-electron chi connectivity index (χ1n) is 19.5. The molecule has 26 nitrogen and oxygen atoms in total. The molecule has 0 spiro atoms. The third-order valence-corrected chi connectivity index (χ3v) is 10.8. The van der Waals surface area contributed by atoms with Gasteiger partial charge < -0.3 is 68.7 Å². The monoisotopic (exact) mass is 913 g/mol. The number of carbonyl (C=O) groups is 11. The second-order valence-corrected chi connectivity index (χ2v) is 15.6. The second kappa shape index (κ2) is 24.2. The lowest BCUT2D eigenvalue weighted by Crippen LogP contribution is -2.85. The highest BCUT2D eigenvalue weighted by Crippen LogP contribution is 2.45. The number of esters is 1. The zero-order valence-corrected chi connectivity index (χ0v) is 36.0. The molecule has 63 heavy (non-hydrogen) atoms. The van der Waals surface area contributed by atoms with Crippen molar-refractivity contribution in [2.75, 3.05) is 18.9 Å². The molecule has 0 aromatic rings. The van der Waals surface area contributed by atoms with Crippen LogP contribution in [0.3, 0.4) is 0 Å². The summed E-state index contributed by atoms with van der Waals surface area (Å²) >= 11 is 0.920. The highest BCUT2D eigenvalue weighted by Gasteiger charge is 2.66. The molecule has 0 radical (unpaired) electrons. The number of carboxylic acid groups (broad SMARTS) is 2. The van der Waals surface area contributed by atoms with Crippen LogP contribution in [-0.2, 0) is 57.5 Å². The molecule has 1 fully saturated rings. The number of β-lactam (4-membered cyclic amide) rings is 1. The Morgan fingerprint density at radius 3 is 1.98 bits per heavy atom. The minimum Gasteiger partial charge on any atom is -0.480 e. The Hall–Kier alpha value is -6.51. The molecule has 1 saturated heterocycles. The summed E-state index contributed by atoms with van der Waals surface area (Å²) < 4.78 is 5.29. The summed E-state index contributed by atoms with van der Waals surface area (Å²) in [5, 5.41) is 45.9. The maximum atomic E-state index is 13.5. The number of amides is 8. The van der Waals surface area contributed by atoms with Crippen molar-refractivity contribution in [3.63, 3.8) is 0 Å². The average Bonchev–Trinajstić information content (AvgIpc) is 3.18. The summed E-state index contributed by atoms with van der Waals surface area (Å²) in [5.41, 5.74) is 8.02. The Kier molecular flexibility index (Phi) is 20.2. The first-order chi connectivity index (χ1) is 29.4. The fourth-order valence-corrected chi connectivity index (χ4v) is 7.67. The van der Waals surface area contributed by atoms with Gasteiger partial charge >= 0.3 is 17.9 Å². The predicted octanol–water partition coefficient (Wildman–Crippen LogP) is -5.08. The molecule has 0 bridgehead atoms. The van der Waals surface area contributed by atoms with E-state index in [9.17, 15) is 68.1 Å². The standard InChI is InChI=1S/C36H55N11O15S/c1-16(41-19(4)49)28(54)42-17(2)29(55)43-18(3)30(56)45-22(9-7-11-39-35(37)38)24(51)12-26(53)62-13-21-14-63-34-36(40-15-48,33(61)47(34)27(21)32(59)60)46-25(52)10-6-8-23(31(57)58)44-20(5)50/h15-18,22-24,34,51H,6-14H2,1-5H3,(H,40,48)(H,41,49)(H,42,54)(H,43,55)(H,44,50)(H,45,56)(H,46,52)(H,57,58)(H,59,60)(H4,37,38,39). The van der Waals surface area contributed by atoms with Crippen molar-refractivity contribution in [3.05, 3.63) is 11.3 Å². The quantitative estimate of drug-likeness (QED) is 0.00735. The van der Waals surface area contributed by atoms with Crippen LogP contribution in [0.4, 0.5) is 0 Å². The minimum atomic E-state index is -2.08. The number of carboxylic acids is 2. The molecule has 0 aliphatic carbocycles. The van der Waals surface area contributed by atoms with Gasteiger partial charge in [0.25, 0.3) is 5.91 Å². The third kappa shape index (κ3) is 15.4. The van der Waals surface area contributed by atoms with Gasteiger partial charge in [-0.15, -0.1) is 11.8 Å². The van der Waals surface area contributed by atoms with Crippen LogP contribution in [0.15, 0.2) is 16.3 Å². The van der Waals surface area contributed by atoms with Gasteiger partial charge in [0.1, 0.15) is 41.8 Å². The molecule has 2 aliphatic heterocycles. The number of ether oxygens (including phenoxy) is 1. The molecular weight excluding hydrogens is 859 g/mol. The molecule has 14 N–H and O–H groups in total. The van der Waals surface area contributed by atoms with Crippen LogP contribution in [0.1, 0.15) is 73.1 Å². The molecule has 2 aliphatic rings. The molecule has 2 rings (SSSR count). The Labute approximate surface area is 364 Å². The van der Waals surface area contributed by atoms with E-state index in [0.29, 0.717) is 0 Å². The molecule has 27 heteroatoms. The normalized spacial score (nSPS) is 19.4. The number of aliphatic carboxylic acids is 2. The number of nitrogens with one attached hydrogen (secondary N) is 7. The number of thioether (sulfide) groups is 1. The van der Waals surface area contributed by atoms with Crippen molar-refractivity contribution in [3.8, 4) is 0 Å². The SMILES string of the molecule is CC(=O)NC(C)C(=O)NC(C)C(=O)NC(C)C(=O)NC(CCCN=C(N)N)C(O)CC(=O)OCC1=C(C(=O)O)N2C(=O)C(NC=O)(NC(=O)CCCC(NC(C)=O)C(=O)O)C2SC1. The summed E-state index contributed by atoms with van der Waals surface area (Å²) in [6, 6.07) is -5.71. The Morgan fingerprint density at radius 2 is 1.46 bits per heavy atom. The number of rotatable bonds is 26. The summed E-state index contributed by atoms with van der Waals surface area (Å²) in [6.45, 7) is 5.83. The van der Waals surface area contributed by atoms with Gasteiger partial charge in [-0.3, -0.25) is 53.0 Å². The van der Waals surface area contributed by atoms with Crippen molar-refractivity contribution < 1.29 is 72.8 Å². The highest BCUT2D eigenvalue weighted by atomic mass is 32.2. The predicted molar refractivity (Wildman–Crippen MR) is 219 cm³/mol. The van der Waals surface area contributed by atoms with Crippen molar-refractivity contribution in [2.45, 2.75) is 120 Å². The number of aliphatic hydroxyl groups excluding tert-OH is 1. The summed E-state index contributed by atoms with van der Waals surface area (Å²) in [6.07, 6.45) is -2.50. The van der Waals surface area contributed by atoms with E-state index < -0.39 is 125 Å². The number of hydrogen-bond donors (Lipinski definition) is 12. The van der Waals surface area contributed by atoms with Crippen LogP contribution in [0.2, 0.25) is 0 Å². The van der Waals surface area contributed by atoms with Crippen LogP contribution >= 0.6 is 11.8 Å². The van der Waals surface area contributed by atoms with Gasteiger partial charge in [-0.05, 0) is 46.5 Å². The van der Waals surface area contributed by atoms with Gasteiger partial charge in [0.05, 0.1) is 18.6 Å². The number of carbonyl (C=O) groups excluding carboxylic acids is 9. The number of nitrogens with two attached hydrogens (primary N) is 2. The molecule has 350 valence electrons. The smallest absolute Gasteiger partial charge is 0.352 e. The van der Waals surface area contributed by atoms with Gasteiger partial charge in [0, 0.05) is 38.1 Å². The van der Waals surface area contributed by atoms with Gasteiger partial charge in [-0.25, -0.2) is 9.59 Å². The Balaban J connectivity index is 2.12. The summed E-state index contributed by atoms with van der Waals surface area (Å²) in [7, 11) is 0. The first-order valence-corrected chi connectivity index (χ1v) is 20.5. The van der Waals surface area contributed by atoms with Crippen molar-refractivity contribution >= 4 is 83.4 Å². The van der Waals surface area contributed by atoms with Crippen LogP contribution < -0.4 is 48.7 Å². The lowest BCUT2D eigenvalue weighted by Gasteiger charge is -2.56. The van der Waals surface area contributed by atoms with Gasteiger partial charge in [0.15, 0.2) is 5.96 Å². The lowest BCUT2D eigenvalue weighted by molar-refractivity contribution is -0.162. The van der Waals surface area contributed by atoms with E-state index in [1.54, 1.807) is 0 Å². The van der Waals surface area contributed by atoms with Crippen molar-refractivity contribution in [1.82, 2.24) is 42.1 Å². The van der Waals surface area contributed by atoms with E-state index in [1.165, 1.54) is 27.7 Å². The van der Waals surface area contributed by atoms with Crippen LogP contribution in [0.5, 0.6) is 0 Å². The van der Waals surface area contributed by atoms with E-state index in [4.69, 9.17) is 16.2 Å². The Bertz CT molecular complexity index is 1860. The minimum absolute atomic E-state index is 0.0155. The maximum Gasteiger partial charge on any atom is 0.352 e. The molecule has 0 aromatic carbocycles. The highest BCUT2D eigenvalue weighted by molar-refractivity contribution is 8.00. The van der Waals surface area contributed by atoms with Gasteiger partial charge in [-0.1, -0.05) is 0 Å². The van der Waals surface area contributed by atoms with E-state index >= 15 is 0 Å². The van der Waals surface area contributed by atoms with Gasteiger partial charge in [0.2, 0.25) is 47.5 Å². The second-order valence-electron chi connectivity index (χ2n) is 14.6. The number of aliphatic imine (C=N–C) groups is 1. The van der Waals surface area contributed by atoms with E-state index in [1.807, 2.05) is 0 Å². The molecule has 8 amide bonds. The first kappa shape index (κ1) is 52.6. The van der Waals surface area contributed by atoms with Crippen molar-refractivity contribution in [1.29, 1.82) is 0 Å². The van der Waals surface area contributed by atoms with E-state index in [0.717, 1.165) is 23.6 Å². The van der Waals surface area contributed by atoms with E-state index in [-0.39, 0.29) is 62.3 Å². The van der Waals surface area contributed by atoms with E-state index in [2.05, 4.69) is 42.2 Å². The average molecular weight is 914 g/mol. The Morgan fingerprint density at radius 1 is 0.889 bits per heavy atom. The number of nitrogens with zero attached hydrogens (tertiary/aromatic N) is 2. The van der Waals surface area contributed by atoms with Crippen molar-refractivity contribution in [2.24, 2.45) is 16.5 Å². The zero-order chi connectivity index (χ0) is 47.8. The van der Waals surface area contributed by atoms with Crippen LogP contribution in [0.25, 0.3) is 0 Å². The molecule has 8 unspecified atom stereocenters. The topological polar surface area (TPSA) is 410 Å². The lowest BCUT2D eigenvalue weighted by atomic mass is 9.94. The van der Waals surface area contributed by atoms with Crippen LogP contribution in [-0.4, -0.2) is 158 Å². The summed E-state index contributed by atoms with van der Waals surface area (Å²) in [4.78, 5) is 140. The zero-order valence-electron chi connectivity index (χ0n) is 35.2. The number of hydrogen-bond acceptors (Lipinski definition) is 15. The fraction of sp³-hybridized carbons (Fsp3) is 0.611. The molecule has 0 aromatic heterocycles. The summed E-state index contributed by atoms with van der Waals surface area (Å²) in [5.74, 6) is -9.47. The molecule has 2 heterocycles. The molecule has 0 saturated carbocycles. The molecular formula is C36H55N11O15S. The maximum absolute atomic E-state index is 13.5. The number of fused-ring (bicyclic) bond motifs is 1. The molecule has 8 atom stereocenters. The number of aliphatic hydroxyl groups is 1.